The molecule has 208 valence electrons. The quantitative estimate of drug-likeness (QED) is 0.354. The summed E-state index contributed by atoms with van der Waals surface area (Å²) in [5.74, 6) is -0.675. The number of anilines is 2. The van der Waals surface area contributed by atoms with Crippen LogP contribution in [0.1, 0.15) is 17.5 Å². The normalized spacial score (nSPS) is 17.2. The van der Waals surface area contributed by atoms with E-state index in [1.807, 2.05) is 0 Å². The number of rotatable bonds is 7. The zero-order chi connectivity index (χ0) is 28.4. The Morgan fingerprint density at radius 2 is 1.69 bits per heavy atom. The second kappa shape index (κ2) is 10.8. The van der Waals surface area contributed by atoms with Gasteiger partial charge in [0.25, 0.3) is 10.0 Å². The summed E-state index contributed by atoms with van der Waals surface area (Å²) in [7, 11) is -4.39. The van der Waals surface area contributed by atoms with Gasteiger partial charge in [-0.05, 0) is 66.4 Å². The number of nitrogens with one attached hydrogen (secondary N) is 2. The van der Waals surface area contributed by atoms with Crippen molar-refractivity contribution >= 4 is 27.4 Å². The number of aliphatic hydroxyl groups is 1. The highest BCUT2D eigenvalue weighted by Crippen LogP contribution is 2.43. The van der Waals surface area contributed by atoms with Crippen LogP contribution in [0, 0.1) is 5.82 Å². The SMILES string of the molecule is O=C(NCC1CCc2cc(C(O)(CF)C(F)(F)F)ccc2N1S(=O)(=O)c1ccc(F)cc1)Nc1ccccc1. The van der Waals surface area contributed by atoms with Gasteiger partial charge >= 0.3 is 12.2 Å². The number of carbonyl (C=O) groups excluding carboxylic acids is 1. The van der Waals surface area contributed by atoms with Gasteiger partial charge in [-0.15, -0.1) is 0 Å². The zero-order valence-corrected chi connectivity index (χ0v) is 21.1. The van der Waals surface area contributed by atoms with Gasteiger partial charge in [0, 0.05) is 12.2 Å². The molecule has 1 aliphatic heterocycles. The van der Waals surface area contributed by atoms with Gasteiger partial charge in [-0.1, -0.05) is 30.3 Å². The molecule has 39 heavy (non-hydrogen) atoms. The Morgan fingerprint density at radius 1 is 1.03 bits per heavy atom. The van der Waals surface area contributed by atoms with E-state index < -0.39 is 51.9 Å². The third kappa shape index (κ3) is 5.69. The van der Waals surface area contributed by atoms with Crippen molar-refractivity contribution in [2.75, 3.05) is 22.8 Å². The predicted octanol–water partition coefficient (Wildman–Crippen LogP) is 4.88. The summed E-state index contributed by atoms with van der Waals surface area (Å²) in [6, 6.07) is 13.8. The van der Waals surface area contributed by atoms with Crippen molar-refractivity contribution in [3.05, 3.63) is 89.7 Å². The van der Waals surface area contributed by atoms with E-state index in [9.17, 15) is 40.3 Å². The highest BCUT2D eigenvalue weighted by Gasteiger charge is 2.55. The van der Waals surface area contributed by atoms with Crippen LogP contribution in [0.4, 0.5) is 38.1 Å². The van der Waals surface area contributed by atoms with E-state index in [4.69, 9.17) is 0 Å². The predicted molar refractivity (Wildman–Crippen MR) is 134 cm³/mol. The molecule has 13 heteroatoms. The summed E-state index contributed by atoms with van der Waals surface area (Å²) >= 11 is 0. The standard InChI is InChI=1S/C26H24F5N3O4S/c27-16-25(36,26(29,30)31)18-7-13-23-17(14-18)6-10-21(15-32-24(35)33-20-4-2-1-3-5-20)34(23)39(37,38)22-11-8-19(28)9-12-22/h1-5,7-9,11-14,21,36H,6,10,15-16H2,(H2,32,33,35). The molecule has 1 aliphatic rings. The van der Waals surface area contributed by atoms with Crippen molar-refractivity contribution in [3.63, 3.8) is 0 Å². The number of benzene rings is 3. The minimum Gasteiger partial charge on any atom is -0.374 e. The highest BCUT2D eigenvalue weighted by molar-refractivity contribution is 7.92. The van der Waals surface area contributed by atoms with Crippen LogP contribution in [-0.4, -0.2) is 45.0 Å². The van der Waals surface area contributed by atoms with Gasteiger partial charge in [-0.3, -0.25) is 4.31 Å². The number of halogens is 5. The van der Waals surface area contributed by atoms with E-state index in [0.29, 0.717) is 5.69 Å². The molecule has 0 bridgehead atoms. The van der Waals surface area contributed by atoms with Gasteiger partial charge in [0.15, 0.2) is 0 Å². The molecular weight excluding hydrogens is 545 g/mol. The fourth-order valence-corrected chi connectivity index (χ4v) is 6.07. The molecule has 3 N–H and O–H groups in total. The molecule has 7 nitrogen and oxygen atoms in total. The molecule has 0 saturated carbocycles. The van der Waals surface area contributed by atoms with Crippen LogP contribution in [0.25, 0.3) is 0 Å². The number of aryl methyl sites for hydroxylation is 1. The molecule has 2 atom stereocenters. The average molecular weight is 570 g/mol. The Hall–Kier alpha value is -3.71. The Kier molecular flexibility index (Phi) is 7.84. The smallest absolute Gasteiger partial charge is 0.374 e. The molecule has 0 saturated heterocycles. The third-order valence-electron chi connectivity index (χ3n) is 6.44. The highest BCUT2D eigenvalue weighted by atomic mass is 32.2. The number of carbonyl (C=O) groups is 1. The van der Waals surface area contributed by atoms with Crippen molar-refractivity contribution in [1.82, 2.24) is 5.32 Å². The number of alkyl halides is 4. The molecule has 0 aromatic heterocycles. The minimum atomic E-state index is -5.32. The summed E-state index contributed by atoms with van der Waals surface area (Å²) < 4.78 is 95.6. The van der Waals surface area contributed by atoms with Gasteiger partial charge in [0.1, 0.15) is 12.5 Å². The third-order valence-corrected chi connectivity index (χ3v) is 8.32. The summed E-state index contributed by atoms with van der Waals surface area (Å²) in [6.07, 6.45) is -5.17. The van der Waals surface area contributed by atoms with Gasteiger partial charge < -0.3 is 15.7 Å². The van der Waals surface area contributed by atoms with Gasteiger partial charge in [0.05, 0.1) is 16.6 Å². The van der Waals surface area contributed by atoms with E-state index in [-0.39, 0.29) is 35.5 Å². The second-order valence-corrected chi connectivity index (χ2v) is 10.8. The zero-order valence-electron chi connectivity index (χ0n) is 20.3. The van der Waals surface area contributed by atoms with Gasteiger partial charge in [-0.25, -0.2) is 22.0 Å². The van der Waals surface area contributed by atoms with E-state index in [1.165, 1.54) is 0 Å². The lowest BCUT2D eigenvalue weighted by atomic mass is 9.89. The number of hydrogen-bond acceptors (Lipinski definition) is 4. The van der Waals surface area contributed by atoms with Crippen LogP contribution in [-0.2, 0) is 22.0 Å². The van der Waals surface area contributed by atoms with Crippen LogP contribution in [0.15, 0.2) is 77.7 Å². The number of urea groups is 1. The molecule has 2 amide bonds. The van der Waals surface area contributed by atoms with Crippen molar-refractivity contribution in [2.24, 2.45) is 0 Å². The maximum absolute atomic E-state index is 13.7. The van der Waals surface area contributed by atoms with Gasteiger partial charge in [-0.2, -0.15) is 13.2 Å². The number of amides is 2. The largest absolute Gasteiger partial charge is 0.424 e. The summed E-state index contributed by atoms with van der Waals surface area (Å²) in [5.41, 5.74) is -3.92. The van der Waals surface area contributed by atoms with Crippen molar-refractivity contribution in [2.45, 2.75) is 35.6 Å². The van der Waals surface area contributed by atoms with Crippen LogP contribution in [0.5, 0.6) is 0 Å². The second-order valence-electron chi connectivity index (χ2n) is 8.98. The van der Waals surface area contributed by atoms with Crippen LogP contribution in [0.2, 0.25) is 0 Å². The number of nitrogens with zero attached hydrogens (tertiary/aromatic N) is 1. The first-order valence-corrected chi connectivity index (χ1v) is 13.2. The van der Waals surface area contributed by atoms with E-state index in [0.717, 1.165) is 46.8 Å². The molecule has 3 aromatic rings. The van der Waals surface area contributed by atoms with E-state index >= 15 is 0 Å². The van der Waals surface area contributed by atoms with Crippen LogP contribution >= 0.6 is 0 Å². The molecular formula is C26H24F5N3O4S. The molecule has 0 radical (unpaired) electrons. The van der Waals surface area contributed by atoms with Crippen molar-refractivity contribution in [3.8, 4) is 0 Å². The maximum atomic E-state index is 13.7. The maximum Gasteiger partial charge on any atom is 0.424 e. The fraction of sp³-hybridized carbons (Fsp3) is 0.269. The Labute approximate surface area is 221 Å². The Morgan fingerprint density at radius 3 is 2.31 bits per heavy atom. The first kappa shape index (κ1) is 28.3. The first-order chi connectivity index (χ1) is 18.4. The molecule has 2 unspecified atom stereocenters. The van der Waals surface area contributed by atoms with Crippen molar-refractivity contribution < 1.29 is 40.3 Å². The van der Waals surface area contributed by atoms with Gasteiger partial charge in [0.2, 0.25) is 5.60 Å². The van der Waals surface area contributed by atoms with Crippen LogP contribution < -0.4 is 14.9 Å². The summed E-state index contributed by atoms with van der Waals surface area (Å²) in [6.45, 7) is -2.30. The monoisotopic (exact) mass is 569 g/mol. The van der Waals surface area contributed by atoms with E-state index in [1.54, 1.807) is 30.3 Å². The molecule has 0 fully saturated rings. The number of hydrogen-bond donors (Lipinski definition) is 3. The molecule has 3 aromatic carbocycles. The fourth-order valence-electron chi connectivity index (χ4n) is 4.35. The number of para-hydroxylation sites is 1. The average Bonchev–Trinajstić information content (AvgIpc) is 2.90. The Balaban J connectivity index is 1.70. The summed E-state index contributed by atoms with van der Waals surface area (Å²) in [5, 5.41) is 15.3. The molecule has 0 aliphatic carbocycles. The number of fused-ring (bicyclic) bond motifs is 1. The Bertz CT molecular complexity index is 1440. The topological polar surface area (TPSA) is 98.7 Å². The minimum absolute atomic E-state index is 0.00650. The van der Waals surface area contributed by atoms with Crippen molar-refractivity contribution in [1.29, 1.82) is 0 Å². The number of sulfonamides is 1. The molecule has 1 heterocycles. The molecule has 4 rings (SSSR count). The lowest BCUT2D eigenvalue weighted by molar-refractivity contribution is -0.271. The summed E-state index contributed by atoms with van der Waals surface area (Å²) in [4.78, 5) is 12.2. The first-order valence-electron chi connectivity index (χ1n) is 11.7. The van der Waals surface area contributed by atoms with Crippen LogP contribution in [0.3, 0.4) is 0 Å². The lowest BCUT2D eigenvalue weighted by Gasteiger charge is -2.39. The van der Waals surface area contributed by atoms with E-state index in [2.05, 4.69) is 10.6 Å². The molecule has 0 spiro atoms. The lowest BCUT2D eigenvalue weighted by Crippen LogP contribution is -2.50.